The fraction of sp³-hybridized carbons (Fsp3) is 0.588. The van der Waals surface area contributed by atoms with Gasteiger partial charge in [-0.1, -0.05) is 30.3 Å². The summed E-state index contributed by atoms with van der Waals surface area (Å²) in [7, 11) is 4.17. The van der Waals surface area contributed by atoms with E-state index in [0.717, 1.165) is 31.0 Å². The summed E-state index contributed by atoms with van der Waals surface area (Å²) in [6.07, 6.45) is 1.11. The van der Waals surface area contributed by atoms with Gasteiger partial charge in [-0.2, -0.15) is 11.8 Å². The third kappa shape index (κ3) is 5.86. The molecule has 1 amide bonds. The summed E-state index contributed by atoms with van der Waals surface area (Å²) >= 11 is 3.70. The summed E-state index contributed by atoms with van der Waals surface area (Å²) in [5.41, 5.74) is 1.29. The topological polar surface area (TPSA) is 23.6 Å². The number of carbonyl (C=O) groups excluding carboxylic acids is 1. The zero-order valence-corrected chi connectivity index (χ0v) is 15.2. The van der Waals surface area contributed by atoms with Crippen LogP contribution < -0.4 is 0 Å². The number of carbonyl (C=O) groups is 1. The van der Waals surface area contributed by atoms with Gasteiger partial charge >= 0.3 is 0 Å². The second-order valence-corrected chi connectivity index (χ2v) is 8.05. The Hall–Kier alpha value is -0.650. The Morgan fingerprint density at radius 1 is 1.36 bits per heavy atom. The molecule has 0 aliphatic carbocycles. The molecule has 0 bridgehead atoms. The van der Waals surface area contributed by atoms with Gasteiger partial charge in [0, 0.05) is 24.6 Å². The van der Waals surface area contributed by atoms with Gasteiger partial charge in [0.15, 0.2) is 0 Å². The van der Waals surface area contributed by atoms with E-state index in [2.05, 4.69) is 48.2 Å². The van der Waals surface area contributed by atoms with E-state index < -0.39 is 0 Å². The first-order chi connectivity index (χ1) is 10.7. The molecule has 0 unspecified atom stereocenters. The van der Waals surface area contributed by atoms with Crippen molar-refractivity contribution < 1.29 is 4.79 Å². The molecule has 5 heteroatoms. The maximum absolute atomic E-state index is 12.6. The maximum atomic E-state index is 12.6. The number of thioether (sulfide) groups is 2. The van der Waals surface area contributed by atoms with Gasteiger partial charge in [-0.3, -0.25) is 4.79 Å². The number of hydrogen-bond donors (Lipinski definition) is 0. The van der Waals surface area contributed by atoms with Crippen molar-refractivity contribution in [2.45, 2.75) is 18.2 Å². The molecule has 1 aromatic rings. The van der Waals surface area contributed by atoms with E-state index in [1.807, 2.05) is 17.8 Å². The van der Waals surface area contributed by atoms with E-state index in [1.54, 1.807) is 11.8 Å². The third-order valence-corrected chi connectivity index (χ3v) is 5.86. The van der Waals surface area contributed by atoms with E-state index in [1.165, 1.54) is 11.3 Å². The maximum Gasteiger partial charge on any atom is 0.232 e. The van der Waals surface area contributed by atoms with Gasteiger partial charge in [0.2, 0.25) is 5.91 Å². The van der Waals surface area contributed by atoms with Crippen molar-refractivity contribution in [2.24, 2.45) is 0 Å². The fourth-order valence-corrected chi connectivity index (χ4v) is 4.57. The molecule has 1 heterocycles. The van der Waals surface area contributed by atoms with Crippen molar-refractivity contribution in [3.63, 3.8) is 0 Å². The Balaban J connectivity index is 1.85. The van der Waals surface area contributed by atoms with E-state index >= 15 is 0 Å². The first-order valence-corrected chi connectivity index (χ1v) is 10.1. The SMILES string of the molecule is CN(C)C[C@@H]1CSCCCN1C(=O)CSCc1ccccc1. The van der Waals surface area contributed by atoms with Crippen molar-refractivity contribution >= 4 is 29.4 Å². The lowest BCUT2D eigenvalue weighted by molar-refractivity contribution is -0.130. The molecule has 0 radical (unpaired) electrons. The van der Waals surface area contributed by atoms with Gasteiger partial charge in [0.05, 0.1) is 11.8 Å². The number of likely N-dealkylation sites (N-methyl/N-ethyl adjacent to an activating group) is 1. The quantitative estimate of drug-likeness (QED) is 0.796. The van der Waals surface area contributed by atoms with Crippen LogP contribution in [0.5, 0.6) is 0 Å². The second kappa shape index (κ2) is 9.48. The largest absolute Gasteiger partial charge is 0.337 e. The van der Waals surface area contributed by atoms with Gasteiger partial charge in [-0.05, 0) is 31.8 Å². The van der Waals surface area contributed by atoms with Crippen molar-refractivity contribution in [1.82, 2.24) is 9.80 Å². The average Bonchev–Trinajstić information content (AvgIpc) is 2.73. The van der Waals surface area contributed by atoms with Crippen LogP contribution in [0, 0.1) is 0 Å². The molecule has 0 N–H and O–H groups in total. The average molecular weight is 339 g/mol. The minimum Gasteiger partial charge on any atom is -0.337 e. The van der Waals surface area contributed by atoms with Crippen LogP contribution in [0.4, 0.5) is 0 Å². The smallest absolute Gasteiger partial charge is 0.232 e. The highest BCUT2D eigenvalue weighted by Crippen LogP contribution is 2.19. The van der Waals surface area contributed by atoms with Gasteiger partial charge in [-0.15, -0.1) is 11.8 Å². The van der Waals surface area contributed by atoms with Gasteiger partial charge < -0.3 is 9.80 Å². The predicted molar refractivity (Wildman–Crippen MR) is 98.6 cm³/mol. The highest BCUT2D eigenvalue weighted by molar-refractivity contribution is 7.99. The molecule has 2 rings (SSSR count). The van der Waals surface area contributed by atoms with Crippen LogP contribution in [-0.2, 0) is 10.5 Å². The van der Waals surface area contributed by atoms with E-state index in [4.69, 9.17) is 0 Å². The summed E-state index contributed by atoms with van der Waals surface area (Å²) < 4.78 is 0. The van der Waals surface area contributed by atoms with Crippen LogP contribution in [0.15, 0.2) is 30.3 Å². The first kappa shape index (κ1) is 17.7. The zero-order chi connectivity index (χ0) is 15.8. The Bertz CT molecular complexity index is 453. The van der Waals surface area contributed by atoms with Crippen LogP contribution in [0.25, 0.3) is 0 Å². The van der Waals surface area contributed by atoms with E-state index in [9.17, 15) is 4.79 Å². The first-order valence-electron chi connectivity index (χ1n) is 7.80. The van der Waals surface area contributed by atoms with E-state index in [-0.39, 0.29) is 0 Å². The summed E-state index contributed by atoms with van der Waals surface area (Å²) in [5, 5.41) is 0. The van der Waals surface area contributed by atoms with Crippen LogP contribution in [0.2, 0.25) is 0 Å². The number of nitrogens with zero attached hydrogens (tertiary/aromatic N) is 2. The molecule has 122 valence electrons. The Morgan fingerprint density at radius 3 is 2.86 bits per heavy atom. The molecule has 1 aromatic carbocycles. The molecule has 1 aliphatic rings. The lowest BCUT2D eigenvalue weighted by Crippen LogP contribution is -2.47. The molecule has 0 spiro atoms. The minimum absolute atomic E-state index is 0.301. The van der Waals surface area contributed by atoms with E-state index in [0.29, 0.717) is 17.7 Å². The number of rotatable bonds is 6. The summed E-state index contributed by atoms with van der Waals surface area (Å²) in [4.78, 5) is 16.9. The second-order valence-electron chi connectivity index (χ2n) is 5.91. The third-order valence-electron chi connectivity index (χ3n) is 3.67. The highest BCUT2D eigenvalue weighted by Gasteiger charge is 2.25. The zero-order valence-electron chi connectivity index (χ0n) is 13.5. The molecule has 3 nitrogen and oxygen atoms in total. The standard InChI is InChI=1S/C17H26N2OS2/c1-18(2)11-16-13-21-10-6-9-19(16)17(20)14-22-12-15-7-4-3-5-8-15/h3-5,7-8,16H,6,9-14H2,1-2H3/t16-/m1/s1. The predicted octanol–water partition coefficient (Wildman–Crippen LogP) is 2.82. The van der Waals surface area contributed by atoms with Crippen molar-refractivity contribution in [1.29, 1.82) is 0 Å². The Labute approximate surface area is 142 Å². The Kier molecular flexibility index (Phi) is 7.63. The van der Waals surface area contributed by atoms with Crippen molar-refractivity contribution in [3.8, 4) is 0 Å². The van der Waals surface area contributed by atoms with Crippen molar-refractivity contribution in [3.05, 3.63) is 35.9 Å². The number of hydrogen-bond acceptors (Lipinski definition) is 4. The van der Waals surface area contributed by atoms with Crippen molar-refractivity contribution in [2.75, 3.05) is 44.4 Å². The molecule has 1 aliphatic heterocycles. The van der Waals surface area contributed by atoms with Gasteiger partial charge in [-0.25, -0.2) is 0 Å². The monoisotopic (exact) mass is 338 g/mol. The summed E-state index contributed by atoms with van der Waals surface area (Å²) in [6, 6.07) is 10.7. The molecule has 1 saturated heterocycles. The molecule has 0 saturated carbocycles. The molecule has 0 aromatic heterocycles. The van der Waals surface area contributed by atoms with Crippen LogP contribution in [0.3, 0.4) is 0 Å². The number of amides is 1. The minimum atomic E-state index is 0.301. The van der Waals surface area contributed by atoms with Crippen LogP contribution >= 0.6 is 23.5 Å². The van der Waals surface area contributed by atoms with Gasteiger partial charge in [0.1, 0.15) is 0 Å². The molecular formula is C17H26N2OS2. The molecule has 1 atom stereocenters. The molecular weight excluding hydrogens is 312 g/mol. The lowest BCUT2D eigenvalue weighted by Gasteiger charge is -2.31. The highest BCUT2D eigenvalue weighted by atomic mass is 32.2. The van der Waals surface area contributed by atoms with Crippen LogP contribution in [0.1, 0.15) is 12.0 Å². The molecule has 1 fully saturated rings. The summed E-state index contributed by atoms with van der Waals surface area (Å²) in [6.45, 7) is 1.87. The fourth-order valence-electron chi connectivity index (χ4n) is 2.64. The van der Waals surface area contributed by atoms with Gasteiger partial charge in [0.25, 0.3) is 0 Å². The number of benzene rings is 1. The Morgan fingerprint density at radius 2 is 2.14 bits per heavy atom. The molecule has 22 heavy (non-hydrogen) atoms. The van der Waals surface area contributed by atoms with Crippen LogP contribution in [-0.4, -0.2) is 66.2 Å². The lowest BCUT2D eigenvalue weighted by atomic mass is 10.2. The summed E-state index contributed by atoms with van der Waals surface area (Å²) in [5.74, 6) is 4.03. The normalized spacial score (nSPS) is 19.2.